The van der Waals surface area contributed by atoms with Crippen LogP contribution in [0.25, 0.3) is 0 Å². The molecule has 1 aromatic carbocycles. The van der Waals surface area contributed by atoms with E-state index < -0.39 is 0 Å². The molecule has 2 N–H and O–H groups in total. The molecule has 0 aliphatic carbocycles. The lowest BCUT2D eigenvalue weighted by atomic mass is 10.1. The largest absolute Gasteiger partial charge is 0.370 e. The van der Waals surface area contributed by atoms with Crippen molar-refractivity contribution in [3.8, 4) is 0 Å². The van der Waals surface area contributed by atoms with Crippen molar-refractivity contribution in [2.75, 3.05) is 13.1 Å². The molecule has 0 saturated heterocycles. The third-order valence-corrected chi connectivity index (χ3v) is 3.99. The van der Waals surface area contributed by atoms with Crippen LogP contribution in [-0.2, 0) is 16.0 Å². The number of amides is 2. The quantitative estimate of drug-likeness (QED) is 0.601. The molecule has 4 nitrogen and oxygen atoms in total. The molecule has 0 spiro atoms. The Morgan fingerprint density at radius 3 is 2.30 bits per heavy atom. The summed E-state index contributed by atoms with van der Waals surface area (Å²) in [4.78, 5) is 25.2. The van der Waals surface area contributed by atoms with Gasteiger partial charge in [0.25, 0.3) is 0 Å². The molecule has 0 fully saturated rings. The summed E-state index contributed by atoms with van der Waals surface area (Å²) in [5.74, 6) is -0.218. The van der Waals surface area contributed by atoms with Crippen molar-refractivity contribution in [3.63, 3.8) is 0 Å². The summed E-state index contributed by atoms with van der Waals surface area (Å²) in [5.41, 5.74) is 6.43. The second-order valence-electron chi connectivity index (χ2n) is 6.00. The van der Waals surface area contributed by atoms with Crippen LogP contribution in [0.2, 0.25) is 0 Å². The summed E-state index contributed by atoms with van der Waals surface area (Å²) in [6.45, 7) is 3.25. The van der Waals surface area contributed by atoms with Gasteiger partial charge in [0.1, 0.15) is 0 Å². The van der Waals surface area contributed by atoms with E-state index in [9.17, 15) is 9.59 Å². The number of nitrogens with zero attached hydrogens (tertiary/aromatic N) is 1. The molecule has 4 heteroatoms. The fraction of sp³-hybridized carbons (Fsp3) is 0.579. The normalized spacial score (nSPS) is 10.5. The summed E-state index contributed by atoms with van der Waals surface area (Å²) in [7, 11) is 0. The van der Waals surface area contributed by atoms with Crippen LogP contribution in [0.15, 0.2) is 30.3 Å². The summed E-state index contributed by atoms with van der Waals surface area (Å²) in [6, 6.07) is 10.1. The fourth-order valence-electron chi connectivity index (χ4n) is 2.55. The molecule has 2 amide bonds. The van der Waals surface area contributed by atoms with Crippen molar-refractivity contribution in [2.24, 2.45) is 5.73 Å². The average molecular weight is 318 g/mol. The van der Waals surface area contributed by atoms with Crippen LogP contribution in [0.4, 0.5) is 0 Å². The highest BCUT2D eigenvalue weighted by atomic mass is 16.2. The minimum absolute atomic E-state index is 0.138. The van der Waals surface area contributed by atoms with Crippen molar-refractivity contribution in [2.45, 2.75) is 58.3 Å². The van der Waals surface area contributed by atoms with E-state index in [0.717, 1.165) is 19.3 Å². The lowest BCUT2D eigenvalue weighted by Crippen LogP contribution is -2.35. The third kappa shape index (κ3) is 9.01. The van der Waals surface area contributed by atoms with E-state index in [1.54, 1.807) is 4.90 Å². The van der Waals surface area contributed by atoms with Gasteiger partial charge in [-0.2, -0.15) is 0 Å². The Labute approximate surface area is 140 Å². The maximum atomic E-state index is 12.4. The Morgan fingerprint density at radius 1 is 0.957 bits per heavy atom. The number of benzene rings is 1. The zero-order valence-electron chi connectivity index (χ0n) is 14.3. The number of nitrogens with two attached hydrogens (primary N) is 1. The van der Waals surface area contributed by atoms with E-state index in [1.807, 2.05) is 18.2 Å². The Balaban J connectivity index is 2.43. The third-order valence-electron chi connectivity index (χ3n) is 3.99. The Hall–Kier alpha value is -1.84. The Bertz CT molecular complexity index is 460. The topological polar surface area (TPSA) is 63.4 Å². The highest BCUT2D eigenvalue weighted by molar-refractivity contribution is 5.78. The van der Waals surface area contributed by atoms with Gasteiger partial charge in [0, 0.05) is 25.9 Å². The van der Waals surface area contributed by atoms with Gasteiger partial charge in [-0.15, -0.1) is 0 Å². The number of rotatable bonds is 12. The maximum absolute atomic E-state index is 12.4. The van der Waals surface area contributed by atoms with Crippen molar-refractivity contribution >= 4 is 11.8 Å². The minimum atomic E-state index is -0.356. The maximum Gasteiger partial charge on any atom is 0.222 e. The molecule has 0 unspecified atom stereocenters. The van der Waals surface area contributed by atoms with Crippen LogP contribution in [0.1, 0.15) is 57.4 Å². The van der Waals surface area contributed by atoms with E-state index in [1.165, 1.54) is 24.8 Å². The number of carbonyl (C=O) groups excluding carboxylic acids is 2. The van der Waals surface area contributed by atoms with Crippen molar-refractivity contribution < 1.29 is 9.59 Å². The highest BCUT2D eigenvalue weighted by Crippen LogP contribution is 2.09. The first-order valence-corrected chi connectivity index (χ1v) is 8.73. The molecule has 23 heavy (non-hydrogen) atoms. The van der Waals surface area contributed by atoms with Gasteiger partial charge >= 0.3 is 0 Å². The van der Waals surface area contributed by atoms with Crippen LogP contribution in [0, 0.1) is 0 Å². The van der Waals surface area contributed by atoms with Gasteiger partial charge in [-0.1, -0.05) is 62.9 Å². The van der Waals surface area contributed by atoms with Gasteiger partial charge in [-0.3, -0.25) is 9.59 Å². The smallest absolute Gasteiger partial charge is 0.222 e. The predicted molar refractivity (Wildman–Crippen MR) is 93.9 cm³/mol. The van der Waals surface area contributed by atoms with Gasteiger partial charge in [-0.25, -0.2) is 0 Å². The van der Waals surface area contributed by atoms with Crippen molar-refractivity contribution in [1.29, 1.82) is 0 Å². The van der Waals surface area contributed by atoms with Gasteiger partial charge in [-0.05, 0) is 18.4 Å². The first-order valence-electron chi connectivity index (χ1n) is 8.73. The first kappa shape index (κ1) is 19.2. The molecule has 0 aromatic heterocycles. The zero-order valence-corrected chi connectivity index (χ0v) is 14.3. The molecule has 0 saturated carbocycles. The molecule has 128 valence electrons. The summed E-state index contributed by atoms with van der Waals surface area (Å²) in [5, 5.41) is 0. The number of hydrogen-bond acceptors (Lipinski definition) is 2. The molecule has 0 aliphatic rings. The van der Waals surface area contributed by atoms with Crippen molar-refractivity contribution in [3.05, 3.63) is 35.9 Å². The average Bonchev–Trinajstić information content (AvgIpc) is 2.55. The molecule has 0 aliphatic heterocycles. The molecule has 1 aromatic rings. The van der Waals surface area contributed by atoms with Gasteiger partial charge in [0.2, 0.25) is 11.8 Å². The van der Waals surface area contributed by atoms with E-state index >= 15 is 0 Å². The van der Waals surface area contributed by atoms with Crippen LogP contribution < -0.4 is 5.73 Å². The second-order valence-corrected chi connectivity index (χ2v) is 6.00. The minimum Gasteiger partial charge on any atom is -0.370 e. The van der Waals surface area contributed by atoms with Gasteiger partial charge in [0.05, 0.1) is 0 Å². The second kappa shape index (κ2) is 11.7. The number of unbranched alkanes of at least 4 members (excludes halogenated alkanes) is 4. The number of primary amides is 1. The SMILES string of the molecule is CCCCCCCC(=O)N(CCC(N)=O)CCc1ccccc1. The Kier molecular flexibility index (Phi) is 9.76. The lowest BCUT2D eigenvalue weighted by Gasteiger charge is -2.22. The van der Waals surface area contributed by atoms with Crippen LogP contribution in [0.5, 0.6) is 0 Å². The summed E-state index contributed by atoms with van der Waals surface area (Å²) in [6.07, 6.45) is 7.26. The molecule has 0 radical (unpaired) electrons. The van der Waals surface area contributed by atoms with Crippen LogP contribution in [0.3, 0.4) is 0 Å². The number of hydrogen-bond donors (Lipinski definition) is 1. The van der Waals surface area contributed by atoms with Crippen molar-refractivity contribution in [1.82, 2.24) is 4.90 Å². The molecule has 0 bridgehead atoms. The lowest BCUT2D eigenvalue weighted by molar-refractivity contribution is -0.131. The van der Waals surface area contributed by atoms with E-state index in [4.69, 9.17) is 5.73 Å². The monoisotopic (exact) mass is 318 g/mol. The molecular weight excluding hydrogens is 288 g/mol. The highest BCUT2D eigenvalue weighted by Gasteiger charge is 2.14. The number of carbonyl (C=O) groups is 2. The van der Waals surface area contributed by atoms with E-state index in [0.29, 0.717) is 19.5 Å². The summed E-state index contributed by atoms with van der Waals surface area (Å²) < 4.78 is 0. The van der Waals surface area contributed by atoms with Gasteiger partial charge < -0.3 is 10.6 Å². The standard InChI is InChI=1S/C19H30N2O2/c1-2-3-4-5-9-12-19(23)21(16-14-18(20)22)15-13-17-10-7-6-8-11-17/h6-8,10-11H,2-5,9,12-16H2,1H3,(H2,20,22). The Morgan fingerprint density at radius 2 is 1.65 bits per heavy atom. The molecule has 1 rings (SSSR count). The van der Waals surface area contributed by atoms with Crippen LogP contribution >= 0.6 is 0 Å². The zero-order chi connectivity index (χ0) is 16.9. The molecular formula is C19H30N2O2. The van der Waals surface area contributed by atoms with Gasteiger partial charge in [0.15, 0.2) is 0 Å². The van der Waals surface area contributed by atoms with Crippen LogP contribution in [-0.4, -0.2) is 29.8 Å². The fourth-order valence-corrected chi connectivity index (χ4v) is 2.55. The molecule has 0 heterocycles. The molecule has 0 atom stereocenters. The first-order chi connectivity index (χ1) is 11.1. The van der Waals surface area contributed by atoms with E-state index in [-0.39, 0.29) is 18.2 Å². The summed E-state index contributed by atoms with van der Waals surface area (Å²) >= 11 is 0. The van der Waals surface area contributed by atoms with E-state index in [2.05, 4.69) is 19.1 Å². The predicted octanol–water partition coefficient (Wildman–Crippen LogP) is 3.29.